The fraction of sp³-hybridized carbons (Fsp3) is 0.312. The molecule has 3 heterocycles. The number of aromatic nitrogens is 2. The lowest BCUT2D eigenvalue weighted by atomic mass is 9.81. The molecule has 4 aromatic rings. The van der Waals surface area contributed by atoms with Gasteiger partial charge in [-0.25, -0.2) is 9.37 Å². The summed E-state index contributed by atoms with van der Waals surface area (Å²) in [4.78, 5) is 34.1. The van der Waals surface area contributed by atoms with E-state index in [1.165, 1.54) is 44.5 Å². The van der Waals surface area contributed by atoms with Crippen LogP contribution in [0.2, 0.25) is 0 Å². The summed E-state index contributed by atoms with van der Waals surface area (Å²) in [6, 6.07) is 11.6. The quantitative estimate of drug-likeness (QED) is 0.219. The first-order valence-electron chi connectivity index (χ1n) is 14.0. The van der Waals surface area contributed by atoms with Crippen LogP contribution in [0.5, 0.6) is 11.5 Å². The molecule has 0 saturated carbocycles. The first-order valence-corrected chi connectivity index (χ1v) is 14.0. The summed E-state index contributed by atoms with van der Waals surface area (Å²) in [7, 11) is 1.50. The van der Waals surface area contributed by atoms with Crippen molar-refractivity contribution in [2.75, 3.05) is 26.9 Å². The number of nitrogens with zero attached hydrogens (tertiary/aromatic N) is 2. The van der Waals surface area contributed by atoms with Gasteiger partial charge in [-0.1, -0.05) is 6.07 Å². The van der Waals surface area contributed by atoms with Gasteiger partial charge in [0.2, 0.25) is 11.5 Å². The third kappa shape index (κ3) is 5.93. The number of alkyl halides is 3. The lowest BCUT2D eigenvalue weighted by molar-refractivity contribution is -0.265. The molecule has 4 N–H and O–H groups in total. The van der Waals surface area contributed by atoms with Gasteiger partial charge in [-0.15, -0.1) is 0 Å². The number of pyridine rings is 2. The van der Waals surface area contributed by atoms with E-state index in [0.29, 0.717) is 10.9 Å². The number of ether oxygens (including phenoxy) is 3. The van der Waals surface area contributed by atoms with Gasteiger partial charge in [0.05, 0.1) is 18.3 Å². The van der Waals surface area contributed by atoms with Crippen molar-refractivity contribution in [1.82, 2.24) is 15.3 Å². The molecule has 0 fully saturated rings. The molecule has 1 unspecified atom stereocenters. The van der Waals surface area contributed by atoms with E-state index in [2.05, 4.69) is 15.3 Å². The zero-order chi connectivity index (χ0) is 33.4. The number of benzene rings is 2. The van der Waals surface area contributed by atoms with E-state index >= 15 is 0 Å². The van der Waals surface area contributed by atoms with Crippen LogP contribution in [0.25, 0.3) is 22.2 Å². The maximum Gasteiger partial charge on any atom is 0.424 e. The minimum atomic E-state index is -5.37. The molecular weight excluding hydrogens is 612 g/mol. The third-order valence-corrected chi connectivity index (χ3v) is 7.94. The monoisotopic (exact) mass is 642 g/mol. The zero-order valence-electron chi connectivity index (χ0n) is 24.9. The molecule has 1 aliphatic heterocycles. The van der Waals surface area contributed by atoms with Crippen LogP contribution in [0.3, 0.4) is 0 Å². The van der Waals surface area contributed by atoms with E-state index in [0.717, 1.165) is 18.2 Å². The summed E-state index contributed by atoms with van der Waals surface area (Å²) >= 11 is 0. The summed E-state index contributed by atoms with van der Waals surface area (Å²) in [6.45, 7) is 1.59. The van der Waals surface area contributed by atoms with Crippen molar-refractivity contribution in [2.45, 2.75) is 37.1 Å². The topological polar surface area (TPSA) is 146 Å². The van der Waals surface area contributed by atoms with Crippen molar-refractivity contribution in [3.8, 4) is 22.8 Å². The average Bonchev–Trinajstić information content (AvgIpc) is 3.39. The van der Waals surface area contributed by atoms with Crippen LogP contribution >= 0.6 is 0 Å². The van der Waals surface area contributed by atoms with Gasteiger partial charge >= 0.3 is 6.18 Å². The molecule has 3 atom stereocenters. The molecule has 0 radical (unpaired) electrons. The van der Waals surface area contributed by atoms with Crippen molar-refractivity contribution < 1.29 is 46.5 Å². The van der Waals surface area contributed by atoms with E-state index in [1.807, 2.05) is 0 Å². The summed E-state index contributed by atoms with van der Waals surface area (Å²) in [6.07, 6.45) is -4.16. The fourth-order valence-electron chi connectivity index (χ4n) is 4.92. The van der Waals surface area contributed by atoms with Gasteiger partial charge in [-0.3, -0.25) is 14.6 Å². The van der Waals surface area contributed by atoms with Gasteiger partial charge < -0.3 is 30.4 Å². The number of primary amides is 1. The number of hydrogen-bond acceptors (Lipinski definition) is 8. The SMILES string of the molecule is CO[C@H](C)COc1cc(C(=O)NCC(O)(c2cc3c(c(-c4ccc(F)cc4)n2)OC[C@]3(C)C(N)=O)C(F)(F)F)cc2cccnc12. The van der Waals surface area contributed by atoms with Crippen LogP contribution in [0.4, 0.5) is 17.6 Å². The first-order chi connectivity index (χ1) is 21.7. The molecule has 5 rings (SSSR count). The number of aliphatic hydroxyl groups is 1. The second-order valence-corrected chi connectivity index (χ2v) is 11.2. The van der Waals surface area contributed by atoms with E-state index in [1.54, 1.807) is 19.1 Å². The number of halogens is 4. The van der Waals surface area contributed by atoms with Crippen LogP contribution in [0, 0.1) is 5.82 Å². The number of methoxy groups -OCH3 is 1. The molecule has 242 valence electrons. The molecule has 2 aromatic carbocycles. The third-order valence-electron chi connectivity index (χ3n) is 7.94. The highest BCUT2D eigenvalue weighted by molar-refractivity contribution is 6.00. The lowest BCUT2D eigenvalue weighted by Crippen LogP contribution is -2.51. The molecule has 46 heavy (non-hydrogen) atoms. The highest BCUT2D eigenvalue weighted by atomic mass is 19.4. The Labute approximate surface area is 260 Å². The van der Waals surface area contributed by atoms with Crippen molar-refractivity contribution >= 4 is 22.7 Å². The molecule has 0 bridgehead atoms. The van der Waals surface area contributed by atoms with Crippen molar-refractivity contribution in [3.63, 3.8) is 0 Å². The van der Waals surface area contributed by atoms with Gasteiger partial charge in [0.15, 0.2) is 0 Å². The number of carbonyl (C=O) groups is 2. The van der Waals surface area contributed by atoms with Crippen LogP contribution < -0.4 is 20.5 Å². The van der Waals surface area contributed by atoms with Crippen molar-refractivity contribution in [2.24, 2.45) is 5.73 Å². The molecule has 1 aliphatic rings. The predicted octanol–water partition coefficient (Wildman–Crippen LogP) is 4.16. The highest BCUT2D eigenvalue weighted by Gasteiger charge is 2.57. The van der Waals surface area contributed by atoms with Crippen LogP contribution in [-0.2, 0) is 20.5 Å². The van der Waals surface area contributed by atoms with Gasteiger partial charge in [-0.2, -0.15) is 13.2 Å². The Bertz CT molecular complexity index is 1800. The molecular formula is C32H30F4N4O6. The Balaban J connectivity index is 1.55. The largest absolute Gasteiger partial charge is 0.489 e. The Hall–Kier alpha value is -4.82. The minimum absolute atomic E-state index is 0.0367. The Morgan fingerprint density at radius 3 is 2.54 bits per heavy atom. The van der Waals surface area contributed by atoms with Crippen LogP contribution in [0.1, 0.15) is 35.5 Å². The van der Waals surface area contributed by atoms with Crippen LogP contribution in [0.15, 0.2) is 60.8 Å². The molecule has 0 spiro atoms. The standard InChI is InChI=1S/C32H30F4N4O6/c1-17(44-3)14-45-23-12-20(11-19-5-4-10-38-25(19)23)28(41)39-15-31(43,32(34,35)36)24-13-22-27(46-16-30(22,2)29(37)42)26(40-24)18-6-8-21(33)9-7-18/h4-13,17,43H,14-16H2,1-3H3,(H2,37,42)(H,39,41)/t17-,30+,31?/m1/s1. The van der Waals surface area contributed by atoms with Crippen molar-refractivity contribution in [3.05, 3.63) is 83.4 Å². The summed E-state index contributed by atoms with van der Waals surface area (Å²) in [5, 5.41) is 14.0. The Morgan fingerprint density at radius 1 is 1.17 bits per heavy atom. The Kier molecular flexibility index (Phi) is 8.62. The summed E-state index contributed by atoms with van der Waals surface area (Å²) in [5.74, 6) is -2.29. The van der Waals surface area contributed by atoms with E-state index in [4.69, 9.17) is 19.9 Å². The summed E-state index contributed by atoms with van der Waals surface area (Å²) in [5.41, 5.74) is -0.367. The second kappa shape index (κ2) is 12.2. The van der Waals surface area contributed by atoms with E-state index in [9.17, 15) is 32.3 Å². The maximum absolute atomic E-state index is 14.8. The zero-order valence-corrected chi connectivity index (χ0v) is 24.9. The molecule has 0 aliphatic carbocycles. The minimum Gasteiger partial charge on any atom is -0.489 e. The average molecular weight is 643 g/mol. The van der Waals surface area contributed by atoms with E-state index < -0.39 is 47.1 Å². The van der Waals surface area contributed by atoms with Crippen molar-refractivity contribution in [1.29, 1.82) is 0 Å². The predicted molar refractivity (Wildman–Crippen MR) is 158 cm³/mol. The molecule has 10 nitrogen and oxygen atoms in total. The number of fused-ring (bicyclic) bond motifs is 2. The maximum atomic E-state index is 14.8. The van der Waals surface area contributed by atoms with Gasteiger partial charge in [0.1, 0.15) is 47.2 Å². The summed E-state index contributed by atoms with van der Waals surface area (Å²) < 4.78 is 74.6. The van der Waals surface area contributed by atoms with Crippen LogP contribution in [-0.4, -0.2) is 66.0 Å². The first kappa shape index (κ1) is 32.6. The number of carbonyl (C=O) groups excluding carboxylic acids is 2. The van der Waals surface area contributed by atoms with Gasteiger partial charge in [-0.05, 0) is 62.4 Å². The normalized spacial score (nSPS) is 17.9. The number of nitrogens with one attached hydrogen (secondary N) is 1. The number of amides is 2. The number of rotatable bonds is 10. The highest BCUT2D eigenvalue weighted by Crippen LogP contribution is 2.47. The number of nitrogens with two attached hydrogens (primary N) is 1. The molecule has 2 aromatic heterocycles. The molecule has 0 saturated heterocycles. The molecule has 2 amide bonds. The van der Waals surface area contributed by atoms with Gasteiger partial charge in [0, 0.05) is 35.4 Å². The Morgan fingerprint density at radius 2 is 1.89 bits per heavy atom. The smallest absolute Gasteiger partial charge is 0.424 e. The second-order valence-electron chi connectivity index (χ2n) is 11.2. The number of hydrogen-bond donors (Lipinski definition) is 3. The fourth-order valence-corrected chi connectivity index (χ4v) is 4.92. The molecule has 14 heteroatoms. The van der Waals surface area contributed by atoms with Gasteiger partial charge in [0.25, 0.3) is 5.91 Å². The lowest BCUT2D eigenvalue weighted by Gasteiger charge is -2.31. The van der Waals surface area contributed by atoms with E-state index in [-0.39, 0.29) is 53.2 Å².